The Morgan fingerprint density at radius 3 is 1.26 bits per heavy atom. The van der Waals surface area contributed by atoms with Gasteiger partial charge in [0.2, 0.25) is 0 Å². The van der Waals surface area contributed by atoms with E-state index in [0.29, 0.717) is 71.7 Å². The molecule has 10 nitrogen and oxygen atoms in total. The monoisotopic (exact) mass is 920 g/mol. The van der Waals surface area contributed by atoms with E-state index < -0.39 is 48.5 Å². The second kappa shape index (κ2) is 19.8. The summed E-state index contributed by atoms with van der Waals surface area (Å²) in [7, 11) is 5.40. The molecule has 4 aromatic carbocycles. The molecular weight excluding hydrogens is 867 g/mol. The van der Waals surface area contributed by atoms with Crippen molar-refractivity contribution in [2.75, 3.05) is 41.5 Å². The van der Waals surface area contributed by atoms with Gasteiger partial charge in [0.05, 0.1) is 39.6 Å². The van der Waals surface area contributed by atoms with Gasteiger partial charge in [0.25, 0.3) is 0 Å². The van der Waals surface area contributed by atoms with Crippen LogP contribution in [0.15, 0.2) is 85.2 Å². The van der Waals surface area contributed by atoms with Crippen molar-refractivity contribution in [3.05, 3.63) is 130 Å². The summed E-state index contributed by atoms with van der Waals surface area (Å²) in [5.41, 5.74) is 5.48. The minimum absolute atomic E-state index is 0.130. The highest BCUT2D eigenvalue weighted by atomic mass is 19.4. The number of alkyl halides is 6. The maximum absolute atomic E-state index is 14.8. The molecule has 352 valence electrons. The minimum atomic E-state index is -4.52. The fourth-order valence-corrected chi connectivity index (χ4v) is 9.90. The number of aromatic amines is 2. The van der Waals surface area contributed by atoms with Crippen molar-refractivity contribution in [2.24, 2.45) is 0 Å². The number of piperidine rings is 2. The summed E-state index contributed by atoms with van der Waals surface area (Å²) in [6.45, 7) is 4.30. The number of likely N-dealkylation sites (tertiary alicyclic amines) is 2. The van der Waals surface area contributed by atoms with Crippen LogP contribution < -0.4 is 9.47 Å². The summed E-state index contributed by atoms with van der Waals surface area (Å²) in [6, 6.07) is 15.4. The van der Waals surface area contributed by atoms with E-state index in [1.165, 1.54) is 38.2 Å². The predicted molar refractivity (Wildman–Crippen MR) is 239 cm³/mol. The number of methoxy groups -OCH3 is 4. The lowest BCUT2D eigenvalue weighted by atomic mass is 9.89. The van der Waals surface area contributed by atoms with E-state index in [1.807, 2.05) is 13.8 Å². The first-order valence-corrected chi connectivity index (χ1v) is 21.8. The number of nitrogens with zero attached hydrogens (tertiary/aromatic N) is 2. The summed E-state index contributed by atoms with van der Waals surface area (Å²) in [5.74, 6) is -0.497. The van der Waals surface area contributed by atoms with Crippen molar-refractivity contribution in [3.63, 3.8) is 0 Å². The molecule has 0 amide bonds. The Hall–Kier alpha value is -6.00. The molecule has 8 rings (SSSR count). The normalized spacial score (nSPS) is 18.3. The Morgan fingerprint density at radius 2 is 0.939 bits per heavy atom. The van der Waals surface area contributed by atoms with Gasteiger partial charge in [0.1, 0.15) is 23.6 Å². The Bertz CT molecular complexity index is 2460. The van der Waals surface area contributed by atoms with Crippen molar-refractivity contribution in [3.8, 4) is 11.5 Å². The molecule has 2 unspecified atom stereocenters. The second-order valence-corrected chi connectivity index (χ2v) is 16.8. The number of esters is 2. The lowest BCUT2D eigenvalue weighted by molar-refractivity contribution is -0.197. The maximum Gasteiger partial charge on any atom is 0.408 e. The maximum atomic E-state index is 14.8. The number of carbonyl (C=O) groups excluding carboxylic acids is 2. The summed E-state index contributed by atoms with van der Waals surface area (Å²) in [6.07, 6.45) is -1.53. The number of carbonyl (C=O) groups is 2. The van der Waals surface area contributed by atoms with Crippen molar-refractivity contribution in [2.45, 2.75) is 88.9 Å². The fraction of sp³-hybridized carbons (Fsp3) is 0.400. The highest BCUT2D eigenvalue weighted by Gasteiger charge is 2.51. The van der Waals surface area contributed by atoms with Crippen LogP contribution in [0.25, 0.3) is 21.8 Å². The molecule has 4 heterocycles. The van der Waals surface area contributed by atoms with Crippen LogP contribution in [-0.4, -0.2) is 85.6 Å². The smallest absolute Gasteiger partial charge is 0.408 e. The molecule has 4 atom stereocenters. The third-order valence-corrected chi connectivity index (χ3v) is 12.9. The van der Waals surface area contributed by atoms with Gasteiger partial charge >= 0.3 is 24.3 Å². The van der Waals surface area contributed by atoms with E-state index in [9.17, 15) is 35.9 Å². The number of fused-ring (bicyclic) bond motifs is 2. The summed E-state index contributed by atoms with van der Waals surface area (Å²) >= 11 is 0. The molecule has 66 heavy (non-hydrogen) atoms. The lowest BCUT2D eigenvalue weighted by Gasteiger charge is -2.42. The van der Waals surface area contributed by atoms with Gasteiger partial charge in [0, 0.05) is 57.4 Å². The summed E-state index contributed by atoms with van der Waals surface area (Å²) in [5, 5.41) is 1.03. The zero-order valence-electron chi connectivity index (χ0n) is 37.7. The van der Waals surface area contributed by atoms with Crippen LogP contribution in [0, 0.1) is 13.8 Å². The molecule has 0 radical (unpaired) electrons. The van der Waals surface area contributed by atoms with Gasteiger partial charge < -0.3 is 28.9 Å². The van der Waals surface area contributed by atoms with Crippen molar-refractivity contribution >= 4 is 33.7 Å². The quantitative estimate of drug-likeness (QED) is 0.103. The van der Waals surface area contributed by atoms with Crippen LogP contribution in [0.4, 0.5) is 26.3 Å². The standard InChI is InChI=1S/2C25H27F3N2O3/c2*1-15-14-20(32-2)21(18-11-12-29-22(15)18)23(25(26,27)28)30-13-5-4-6-19(30)16-7-9-17(10-8-16)24(31)33-3/h2*7-12,14,19,23,29H,4-6,13H2,1-3H3/t2*19-,23?/m00/s1. The van der Waals surface area contributed by atoms with E-state index in [0.717, 1.165) is 35.1 Å². The van der Waals surface area contributed by atoms with E-state index in [2.05, 4.69) is 9.97 Å². The zero-order valence-corrected chi connectivity index (χ0v) is 37.7. The predicted octanol–water partition coefficient (Wildman–Crippen LogP) is 12.2. The topological polar surface area (TPSA) is 109 Å². The second-order valence-electron chi connectivity index (χ2n) is 16.8. The summed E-state index contributed by atoms with van der Waals surface area (Å²) < 4.78 is 109. The van der Waals surface area contributed by atoms with Crippen LogP contribution >= 0.6 is 0 Å². The minimum Gasteiger partial charge on any atom is -0.496 e. The average molecular weight is 921 g/mol. The molecule has 16 heteroatoms. The largest absolute Gasteiger partial charge is 0.496 e. The molecule has 2 aliphatic rings. The zero-order chi connectivity index (χ0) is 47.5. The van der Waals surface area contributed by atoms with Gasteiger partial charge in [-0.1, -0.05) is 37.1 Å². The van der Waals surface area contributed by atoms with Gasteiger partial charge in [-0.05, 0) is 123 Å². The Morgan fingerprint density at radius 1 is 0.576 bits per heavy atom. The SMILES string of the molecule is COC(=O)c1ccc([C@@H]2CCCCN2C(c2c(OC)cc(C)c3[nH]ccc23)C(F)(F)F)cc1.COC(=O)c1ccc([C@@H]2CCCCN2C(c2c(OC)cc(C)c3[nH]ccc23)C(F)(F)F)cc1. The number of hydrogen-bond acceptors (Lipinski definition) is 8. The molecule has 0 aliphatic carbocycles. The molecule has 6 aromatic rings. The third-order valence-electron chi connectivity index (χ3n) is 12.9. The first-order valence-electron chi connectivity index (χ1n) is 21.8. The first kappa shape index (κ1) is 47.9. The Kier molecular flexibility index (Phi) is 14.4. The first-order chi connectivity index (χ1) is 31.5. The number of aryl methyl sites for hydroxylation is 2. The van der Waals surface area contributed by atoms with Crippen LogP contribution in [-0.2, 0) is 9.47 Å². The van der Waals surface area contributed by atoms with Crippen molar-refractivity contribution < 1.29 is 54.9 Å². The van der Waals surface area contributed by atoms with E-state index in [1.54, 1.807) is 85.2 Å². The highest BCUT2D eigenvalue weighted by Crippen LogP contribution is 2.52. The highest BCUT2D eigenvalue weighted by molar-refractivity contribution is 5.91. The number of hydrogen-bond donors (Lipinski definition) is 2. The van der Waals surface area contributed by atoms with Gasteiger partial charge in [-0.25, -0.2) is 9.59 Å². The summed E-state index contributed by atoms with van der Waals surface area (Å²) in [4.78, 5) is 32.8. The van der Waals surface area contributed by atoms with Crippen molar-refractivity contribution in [1.29, 1.82) is 0 Å². The fourth-order valence-electron chi connectivity index (χ4n) is 9.90. The lowest BCUT2D eigenvalue weighted by Crippen LogP contribution is -2.43. The van der Waals surface area contributed by atoms with Crippen LogP contribution in [0.2, 0.25) is 0 Å². The van der Waals surface area contributed by atoms with Gasteiger partial charge in [0.15, 0.2) is 0 Å². The number of rotatable bonds is 10. The Labute approximate surface area is 379 Å². The van der Waals surface area contributed by atoms with E-state index in [4.69, 9.17) is 18.9 Å². The van der Waals surface area contributed by atoms with Gasteiger partial charge in [-0.3, -0.25) is 9.80 Å². The van der Waals surface area contributed by atoms with Gasteiger partial charge in [-0.2, -0.15) is 26.3 Å². The number of halogens is 6. The number of nitrogens with one attached hydrogen (secondary N) is 2. The third kappa shape index (κ3) is 9.61. The van der Waals surface area contributed by atoms with Crippen molar-refractivity contribution in [1.82, 2.24) is 19.8 Å². The number of aromatic nitrogens is 2. The van der Waals surface area contributed by atoms with Crippen LogP contribution in [0.3, 0.4) is 0 Å². The van der Waals surface area contributed by atoms with Crippen LogP contribution in [0.1, 0.15) is 117 Å². The average Bonchev–Trinajstić information content (AvgIpc) is 4.02. The molecule has 2 fully saturated rings. The Balaban J connectivity index is 0.000000196. The van der Waals surface area contributed by atoms with E-state index >= 15 is 0 Å². The van der Waals surface area contributed by atoms with E-state index in [-0.39, 0.29) is 22.6 Å². The number of ether oxygens (including phenoxy) is 4. The molecule has 0 bridgehead atoms. The van der Waals surface area contributed by atoms with Crippen LogP contribution in [0.5, 0.6) is 11.5 Å². The molecule has 0 spiro atoms. The molecular formula is C50H54F6N4O6. The molecule has 2 N–H and O–H groups in total. The van der Waals surface area contributed by atoms with Gasteiger partial charge in [-0.15, -0.1) is 0 Å². The number of benzene rings is 4. The molecule has 2 aromatic heterocycles. The molecule has 2 aliphatic heterocycles. The molecule has 0 saturated carbocycles. The molecule has 2 saturated heterocycles. The number of H-pyrrole nitrogens is 2.